The van der Waals surface area contributed by atoms with E-state index in [0.29, 0.717) is 12.2 Å². The van der Waals surface area contributed by atoms with Crippen LogP contribution in [0.4, 0.5) is 0 Å². The first-order valence-corrected chi connectivity index (χ1v) is 5.90. The lowest BCUT2D eigenvalue weighted by atomic mass is 10.0. The summed E-state index contributed by atoms with van der Waals surface area (Å²) in [6.07, 6.45) is 9.93. The molecule has 94 valence electrons. The average molecular weight is 246 g/mol. The standard InChI is InChI=1S/C14H14O4/c1-2-3-6-18-14-11(12(15)13(14)16)9-10-4-7-17-8-5-10/h4-5,7-9H,2-3,6H2,1H3. The number of hydrogen-bond acceptors (Lipinski definition) is 4. The van der Waals surface area contributed by atoms with Crippen molar-refractivity contribution in [3.63, 3.8) is 0 Å². The van der Waals surface area contributed by atoms with Crippen molar-refractivity contribution in [1.82, 2.24) is 0 Å². The lowest BCUT2D eigenvalue weighted by Crippen LogP contribution is -2.35. The molecule has 1 aromatic rings. The fourth-order valence-corrected chi connectivity index (χ4v) is 1.58. The van der Waals surface area contributed by atoms with Crippen molar-refractivity contribution in [2.24, 2.45) is 0 Å². The van der Waals surface area contributed by atoms with Crippen molar-refractivity contribution in [3.05, 3.63) is 56.3 Å². The summed E-state index contributed by atoms with van der Waals surface area (Å²) in [4.78, 5) is 22.9. The van der Waals surface area contributed by atoms with Crippen LogP contribution in [-0.4, -0.2) is 6.61 Å². The number of rotatable bonds is 5. The van der Waals surface area contributed by atoms with Gasteiger partial charge in [-0.1, -0.05) is 13.3 Å². The van der Waals surface area contributed by atoms with Crippen LogP contribution in [0.3, 0.4) is 0 Å². The maximum Gasteiger partial charge on any atom is 0.268 e. The zero-order valence-electron chi connectivity index (χ0n) is 10.1. The SMILES string of the molecule is CCCCOc1c(C=C2C=COC=C2)c(=O)c1=O. The Hall–Kier alpha value is -2.10. The Balaban J connectivity index is 2.18. The Morgan fingerprint density at radius 1 is 1.22 bits per heavy atom. The van der Waals surface area contributed by atoms with Gasteiger partial charge in [0, 0.05) is 0 Å². The van der Waals surface area contributed by atoms with E-state index in [1.807, 2.05) is 6.92 Å². The normalized spacial score (nSPS) is 13.7. The Morgan fingerprint density at radius 2 is 1.94 bits per heavy atom. The van der Waals surface area contributed by atoms with Crippen LogP contribution in [-0.2, 0) is 4.74 Å². The third-order valence-electron chi connectivity index (χ3n) is 2.64. The summed E-state index contributed by atoms with van der Waals surface area (Å²) in [7, 11) is 0. The van der Waals surface area contributed by atoms with E-state index in [4.69, 9.17) is 9.47 Å². The zero-order valence-corrected chi connectivity index (χ0v) is 10.1. The van der Waals surface area contributed by atoms with Crippen LogP contribution in [0.5, 0.6) is 5.75 Å². The first kappa shape index (κ1) is 12.4. The van der Waals surface area contributed by atoms with Crippen molar-refractivity contribution in [1.29, 1.82) is 0 Å². The second-order valence-corrected chi connectivity index (χ2v) is 3.99. The third kappa shape index (κ3) is 2.42. The highest BCUT2D eigenvalue weighted by Crippen LogP contribution is 2.18. The van der Waals surface area contributed by atoms with E-state index in [1.54, 1.807) is 18.2 Å². The number of ether oxygens (including phenoxy) is 2. The fraction of sp³-hybridized carbons (Fsp3) is 0.286. The molecule has 0 atom stereocenters. The smallest absolute Gasteiger partial charge is 0.268 e. The molecule has 0 N–H and O–H groups in total. The summed E-state index contributed by atoms with van der Waals surface area (Å²) in [6.45, 7) is 2.50. The van der Waals surface area contributed by atoms with Gasteiger partial charge in [0.1, 0.15) is 0 Å². The molecular formula is C14H14O4. The van der Waals surface area contributed by atoms with Crippen LogP contribution in [0.25, 0.3) is 6.08 Å². The number of hydrogen-bond donors (Lipinski definition) is 0. The Labute approximate surface area is 105 Å². The molecule has 1 heterocycles. The first-order chi connectivity index (χ1) is 8.74. The molecule has 0 aliphatic carbocycles. The van der Waals surface area contributed by atoms with Gasteiger partial charge in [-0.2, -0.15) is 0 Å². The Kier molecular flexibility index (Phi) is 3.77. The zero-order chi connectivity index (χ0) is 13.0. The van der Waals surface area contributed by atoms with Gasteiger partial charge < -0.3 is 9.47 Å². The Bertz CT molecular complexity index is 569. The minimum atomic E-state index is -0.530. The molecule has 0 radical (unpaired) electrons. The fourth-order valence-electron chi connectivity index (χ4n) is 1.58. The highest BCUT2D eigenvalue weighted by Gasteiger charge is 2.20. The topological polar surface area (TPSA) is 52.6 Å². The highest BCUT2D eigenvalue weighted by molar-refractivity contribution is 5.67. The lowest BCUT2D eigenvalue weighted by molar-refractivity contribution is 0.302. The van der Waals surface area contributed by atoms with Gasteiger partial charge in [-0.05, 0) is 30.2 Å². The van der Waals surface area contributed by atoms with Crippen molar-refractivity contribution in [2.75, 3.05) is 6.61 Å². The quantitative estimate of drug-likeness (QED) is 0.588. The molecule has 0 amide bonds. The summed E-state index contributed by atoms with van der Waals surface area (Å²) in [5.41, 5.74) is 0.135. The summed E-state index contributed by atoms with van der Waals surface area (Å²) >= 11 is 0. The van der Waals surface area contributed by atoms with Crippen molar-refractivity contribution in [2.45, 2.75) is 19.8 Å². The van der Waals surface area contributed by atoms with E-state index < -0.39 is 10.9 Å². The van der Waals surface area contributed by atoms with E-state index in [1.165, 1.54) is 12.5 Å². The molecule has 1 aromatic carbocycles. The molecule has 0 saturated carbocycles. The van der Waals surface area contributed by atoms with Crippen LogP contribution in [0.1, 0.15) is 25.3 Å². The van der Waals surface area contributed by atoms with Crippen molar-refractivity contribution < 1.29 is 9.47 Å². The second-order valence-electron chi connectivity index (χ2n) is 3.99. The maximum atomic E-state index is 11.5. The average Bonchev–Trinajstić information content (AvgIpc) is 2.42. The van der Waals surface area contributed by atoms with Gasteiger partial charge in [0.05, 0.1) is 24.7 Å². The molecule has 18 heavy (non-hydrogen) atoms. The van der Waals surface area contributed by atoms with Crippen molar-refractivity contribution >= 4 is 6.08 Å². The van der Waals surface area contributed by atoms with Crippen LogP contribution >= 0.6 is 0 Å². The molecule has 0 fully saturated rings. The molecule has 1 aliphatic heterocycles. The number of unbranched alkanes of at least 4 members (excludes halogenated alkanes) is 1. The van der Waals surface area contributed by atoms with E-state index in [-0.39, 0.29) is 5.75 Å². The monoisotopic (exact) mass is 246 g/mol. The van der Waals surface area contributed by atoms with Crippen LogP contribution < -0.4 is 15.6 Å². The molecule has 0 aromatic heterocycles. The minimum absolute atomic E-state index is 0.189. The molecule has 0 saturated heterocycles. The summed E-state index contributed by atoms with van der Waals surface area (Å²) < 4.78 is 10.2. The van der Waals surface area contributed by atoms with Gasteiger partial charge in [-0.25, -0.2) is 0 Å². The van der Waals surface area contributed by atoms with Gasteiger partial charge in [0.15, 0.2) is 5.75 Å². The van der Waals surface area contributed by atoms with Crippen molar-refractivity contribution in [3.8, 4) is 5.75 Å². The van der Waals surface area contributed by atoms with Gasteiger partial charge in [-0.15, -0.1) is 0 Å². The predicted octanol–water partition coefficient (Wildman–Crippen LogP) is 1.90. The Morgan fingerprint density at radius 3 is 2.61 bits per heavy atom. The summed E-state index contributed by atoms with van der Waals surface area (Å²) in [6, 6.07) is 0. The molecule has 4 heteroatoms. The molecule has 0 bridgehead atoms. The number of allylic oxidation sites excluding steroid dienone is 3. The highest BCUT2D eigenvalue weighted by atomic mass is 16.5. The predicted molar refractivity (Wildman–Crippen MR) is 69.1 cm³/mol. The summed E-state index contributed by atoms with van der Waals surface area (Å²) in [5, 5.41) is 0. The molecule has 1 aliphatic rings. The maximum absolute atomic E-state index is 11.5. The minimum Gasteiger partial charge on any atom is -0.489 e. The molecule has 4 nitrogen and oxygen atoms in total. The third-order valence-corrected chi connectivity index (χ3v) is 2.64. The van der Waals surface area contributed by atoms with Gasteiger partial charge >= 0.3 is 0 Å². The largest absolute Gasteiger partial charge is 0.489 e. The van der Waals surface area contributed by atoms with Gasteiger partial charge in [-0.3, -0.25) is 9.59 Å². The van der Waals surface area contributed by atoms with E-state index in [2.05, 4.69) is 0 Å². The molecule has 0 unspecified atom stereocenters. The summed E-state index contributed by atoms with van der Waals surface area (Å²) in [5.74, 6) is 0.189. The van der Waals surface area contributed by atoms with E-state index in [0.717, 1.165) is 18.4 Å². The van der Waals surface area contributed by atoms with Crippen LogP contribution in [0, 0.1) is 0 Å². The first-order valence-electron chi connectivity index (χ1n) is 5.90. The lowest BCUT2D eigenvalue weighted by Gasteiger charge is -2.10. The molecule has 2 rings (SSSR count). The molecular weight excluding hydrogens is 232 g/mol. The van der Waals surface area contributed by atoms with Gasteiger partial charge in [0.25, 0.3) is 5.43 Å². The van der Waals surface area contributed by atoms with Crippen LogP contribution in [0.15, 0.2) is 39.8 Å². The van der Waals surface area contributed by atoms with E-state index >= 15 is 0 Å². The van der Waals surface area contributed by atoms with E-state index in [9.17, 15) is 9.59 Å². The second kappa shape index (κ2) is 5.49. The van der Waals surface area contributed by atoms with Crippen LogP contribution in [0.2, 0.25) is 0 Å². The van der Waals surface area contributed by atoms with Gasteiger partial charge in [0.2, 0.25) is 5.43 Å². The molecule has 0 spiro atoms.